The van der Waals surface area contributed by atoms with E-state index in [0.717, 1.165) is 44.5 Å². The van der Waals surface area contributed by atoms with Crippen LogP contribution in [0.1, 0.15) is 43.4 Å². The van der Waals surface area contributed by atoms with Gasteiger partial charge in [0.1, 0.15) is 0 Å². The van der Waals surface area contributed by atoms with Crippen LogP contribution >= 0.6 is 7.60 Å². The first-order valence-corrected chi connectivity index (χ1v) is 10.8. The highest BCUT2D eigenvalue weighted by Gasteiger charge is 2.24. The molecule has 0 aliphatic heterocycles. The first-order valence-electron chi connectivity index (χ1n) is 9.04. The van der Waals surface area contributed by atoms with Crippen LogP contribution in [-0.2, 0) is 42.1 Å². The van der Waals surface area contributed by atoms with E-state index in [1.165, 1.54) is 11.1 Å². The van der Waals surface area contributed by atoms with E-state index in [-0.39, 0.29) is 0 Å². The molecule has 0 saturated heterocycles. The van der Waals surface area contributed by atoms with Gasteiger partial charge in [-0.3, -0.25) is 4.57 Å². The number of aryl methyl sites for hydroxylation is 2. The molecule has 0 unspecified atom stereocenters. The van der Waals surface area contributed by atoms with E-state index in [4.69, 9.17) is 18.5 Å². The number of rotatable bonds is 14. The molecule has 0 amide bonds. The van der Waals surface area contributed by atoms with Crippen molar-refractivity contribution in [1.82, 2.24) is 0 Å². The van der Waals surface area contributed by atoms with Gasteiger partial charge in [-0.25, -0.2) is 0 Å². The van der Waals surface area contributed by atoms with E-state index < -0.39 is 7.60 Å². The summed E-state index contributed by atoms with van der Waals surface area (Å²) in [4.78, 5) is 0. The number of hydrogen-bond acceptors (Lipinski definition) is 5. The molecule has 0 saturated carbocycles. The summed E-state index contributed by atoms with van der Waals surface area (Å²) in [6.45, 7) is 5.91. The zero-order valence-corrected chi connectivity index (χ0v) is 17.0. The Morgan fingerprint density at radius 1 is 0.800 bits per heavy atom. The average molecular weight is 372 g/mol. The summed E-state index contributed by atoms with van der Waals surface area (Å²) in [6, 6.07) is 6.45. The highest BCUT2D eigenvalue weighted by atomic mass is 31.2. The van der Waals surface area contributed by atoms with Crippen LogP contribution in [0, 0.1) is 0 Å². The zero-order valence-electron chi connectivity index (χ0n) is 16.1. The lowest BCUT2D eigenvalue weighted by Gasteiger charge is -2.18. The lowest BCUT2D eigenvalue weighted by molar-refractivity contribution is 0.195. The molecule has 0 aromatic heterocycles. The molecule has 1 rings (SSSR count). The Labute approximate surface area is 152 Å². The van der Waals surface area contributed by atoms with Crippen LogP contribution in [0.15, 0.2) is 18.2 Å². The molecule has 0 spiro atoms. The van der Waals surface area contributed by atoms with Gasteiger partial charge in [0, 0.05) is 27.4 Å². The molecular weight excluding hydrogens is 339 g/mol. The number of methoxy groups -OCH3 is 2. The maximum absolute atomic E-state index is 12.8. The smallest absolute Gasteiger partial charge is 0.335 e. The maximum atomic E-state index is 12.8. The van der Waals surface area contributed by atoms with Gasteiger partial charge in [-0.15, -0.1) is 0 Å². The standard InChI is InChI=1S/C19H33O5P/c1-5-23-25(20,24-6-2)16-19-14-17(9-7-11-21-3)13-18(15-19)10-8-12-22-4/h13-15H,5-12,16H2,1-4H3. The van der Waals surface area contributed by atoms with Gasteiger partial charge in [0.25, 0.3) is 0 Å². The van der Waals surface area contributed by atoms with Crippen LogP contribution in [0.5, 0.6) is 0 Å². The Morgan fingerprint density at radius 3 is 1.64 bits per heavy atom. The molecule has 0 heterocycles. The Bertz CT molecular complexity index is 494. The van der Waals surface area contributed by atoms with Gasteiger partial charge in [-0.2, -0.15) is 0 Å². The third kappa shape index (κ3) is 8.98. The summed E-state index contributed by atoms with van der Waals surface area (Å²) >= 11 is 0. The predicted octanol–water partition coefficient (Wildman–Crippen LogP) is 4.61. The third-order valence-electron chi connectivity index (χ3n) is 3.77. The molecule has 1 aromatic rings. The minimum atomic E-state index is -3.09. The quantitative estimate of drug-likeness (QED) is 0.353. The fourth-order valence-electron chi connectivity index (χ4n) is 2.81. The van der Waals surface area contributed by atoms with Gasteiger partial charge in [-0.1, -0.05) is 18.2 Å². The molecule has 0 aliphatic rings. The van der Waals surface area contributed by atoms with Crippen LogP contribution in [-0.4, -0.2) is 40.6 Å². The SMILES string of the molecule is CCOP(=O)(Cc1cc(CCCOC)cc(CCCOC)c1)OCC. The highest BCUT2D eigenvalue weighted by Crippen LogP contribution is 2.51. The van der Waals surface area contributed by atoms with Gasteiger partial charge in [0.05, 0.1) is 19.4 Å². The van der Waals surface area contributed by atoms with Gasteiger partial charge >= 0.3 is 7.60 Å². The van der Waals surface area contributed by atoms with Crippen LogP contribution in [0.4, 0.5) is 0 Å². The summed E-state index contributed by atoms with van der Waals surface area (Å²) in [5, 5.41) is 0. The molecule has 144 valence electrons. The van der Waals surface area contributed by atoms with Crippen molar-refractivity contribution in [3.63, 3.8) is 0 Å². The average Bonchev–Trinajstić information content (AvgIpc) is 2.55. The topological polar surface area (TPSA) is 54.0 Å². The number of ether oxygens (including phenoxy) is 2. The Hall–Kier alpha value is -0.710. The lowest BCUT2D eigenvalue weighted by Crippen LogP contribution is -2.02. The lowest BCUT2D eigenvalue weighted by atomic mass is 10.0. The number of benzene rings is 1. The number of hydrogen-bond donors (Lipinski definition) is 0. The summed E-state index contributed by atoms with van der Waals surface area (Å²) in [5.74, 6) is 0. The van der Waals surface area contributed by atoms with Crippen molar-refractivity contribution in [3.8, 4) is 0 Å². The summed E-state index contributed by atoms with van der Waals surface area (Å²) in [5.41, 5.74) is 3.48. The molecule has 0 atom stereocenters. The first-order chi connectivity index (χ1) is 12.1. The van der Waals surface area contributed by atoms with E-state index in [1.54, 1.807) is 14.2 Å². The monoisotopic (exact) mass is 372 g/mol. The molecule has 1 aromatic carbocycles. The van der Waals surface area contributed by atoms with E-state index >= 15 is 0 Å². The predicted molar refractivity (Wildman–Crippen MR) is 101 cm³/mol. The van der Waals surface area contributed by atoms with Gasteiger partial charge in [0.15, 0.2) is 0 Å². The third-order valence-corrected chi connectivity index (χ3v) is 5.82. The molecule has 25 heavy (non-hydrogen) atoms. The second-order valence-electron chi connectivity index (χ2n) is 5.96. The Kier molecular flexibility index (Phi) is 11.3. The van der Waals surface area contributed by atoms with Gasteiger partial charge < -0.3 is 18.5 Å². The molecule has 0 radical (unpaired) electrons. The Morgan fingerprint density at radius 2 is 1.24 bits per heavy atom. The van der Waals surface area contributed by atoms with Crippen molar-refractivity contribution < 1.29 is 23.1 Å². The Balaban J connectivity index is 2.94. The maximum Gasteiger partial charge on any atom is 0.335 e. The van der Waals surface area contributed by atoms with Crippen molar-refractivity contribution in [1.29, 1.82) is 0 Å². The molecule has 0 aliphatic carbocycles. The summed E-state index contributed by atoms with van der Waals surface area (Å²) in [6.07, 6.45) is 4.11. The molecule has 6 heteroatoms. The minimum absolute atomic E-state index is 0.310. The fraction of sp³-hybridized carbons (Fsp3) is 0.684. The van der Waals surface area contributed by atoms with Gasteiger partial charge in [0.2, 0.25) is 0 Å². The zero-order chi connectivity index (χ0) is 18.5. The molecule has 0 N–H and O–H groups in total. The second kappa shape index (κ2) is 12.6. The van der Waals surface area contributed by atoms with Crippen molar-refractivity contribution in [2.45, 2.75) is 45.7 Å². The summed E-state index contributed by atoms with van der Waals surface area (Å²) < 4.78 is 34.0. The van der Waals surface area contributed by atoms with Crippen molar-refractivity contribution >= 4 is 7.60 Å². The molecular formula is C19H33O5P. The van der Waals surface area contributed by atoms with Crippen LogP contribution in [0.3, 0.4) is 0 Å². The largest absolute Gasteiger partial charge is 0.385 e. The van der Waals surface area contributed by atoms with Crippen LogP contribution in [0.25, 0.3) is 0 Å². The van der Waals surface area contributed by atoms with E-state index in [9.17, 15) is 4.57 Å². The van der Waals surface area contributed by atoms with Crippen molar-refractivity contribution in [2.24, 2.45) is 0 Å². The van der Waals surface area contributed by atoms with E-state index in [2.05, 4.69) is 18.2 Å². The first kappa shape index (κ1) is 22.3. The van der Waals surface area contributed by atoms with E-state index in [0.29, 0.717) is 19.4 Å². The highest BCUT2D eigenvalue weighted by molar-refractivity contribution is 7.53. The van der Waals surface area contributed by atoms with Crippen molar-refractivity contribution in [2.75, 3.05) is 40.6 Å². The van der Waals surface area contributed by atoms with Gasteiger partial charge in [-0.05, 0) is 56.2 Å². The summed E-state index contributed by atoms with van der Waals surface area (Å²) in [7, 11) is 0.337. The molecule has 5 nitrogen and oxygen atoms in total. The van der Waals surface area contributed by atoms with Crippen molar-refractivity contribution in [3.05, 3.63) is 34.9 Å². The fourth-order valence-corrected chi connectivity index (χ4v) is 4.48. The van der Waals surface area contributed by atoms with E-state index in [1.807, 2.05) is 13.8 Å². The normalized spacial score (nSPS) is 11.8. The minimum Gasteiger partial charge on any atom is -0.385 e. The van der Waals surface area contributed by atoms with Crippen LogP contribution in [0.2, 0.25) is 0 Å². The second-order valence-corrected chi connectivity index (χ2v) is 8.01. The molecule has 0 bridgehead atoms. The van der Waals surface area contributed by atoms with Crippen LogP contribution < -0.4 is 0 Å². The molecule has 0 fully saturated rings.